The lowest BCUT2D eigenvalue weighted by Crippen LogP contribution is -2.07. The van der Waals surface area contributed by atoms with E-state index in [0.29, 0.717) is 11.1 Å². The largest absolute Gasteiger partial charge is 0.486 e. The molecule has 0 aliphatic heterocycles. The molecular formula is C25H23NO2. The number of aromatic nitrogens is 1. The Morgan fingerprint density at radius 1 is 0.929 bits per heavy atom. The van der Waals surface area contributed by atoms with Gasteiger partial charge in [0.25, 0.3) is 0 Å². The van der Waals surface area contributed by atoms with Crippen LogP contribution in [0, 0.1) is 0 Å². The summed E-state index contributed by atoms with van der Waals surface area (Å²) >= 11 is 0. The highest BCUT2D eigenvalue weighted by atomic mass is 16.5. The molecule has 1 aromatic heterocycles. The van der Waals surface area contributed by atoms with Crippen LogP contribution in [-0.4, -0.2) is 10.8 Å². The summed E-state index contributed by atoms with van der Waals surface area (Å²) in [5, 5.41) is 0.944. The van der Waals surface area contributed by atoms with Gasteiger partial charge >= 0.3 is 0 Å². The van der Waals surface area contributed by atoms with E-state index in [1.54, 1.807) is 6.20 Å². The van der Waals surface area contributed by atoms with E-state index in [4.69, 9.17) is 4.74 Å². The van der Waals surface area contributed by atoms with Crippen LogP contribution in [0.5, 0.6) is 5.75 Å². The molecular weight excluding hydrogens is 346 g/mol. The maximum absolute atomic E-state index is 12.9. The van der Waals surface area contributed by atoms with Crippen molar-refractivity contribution < 1.29 is 9.53 Å². The highest BCUT2D eigenvalue weighted by Crippen LogP contribution is 2.27. The van der Waals surface area contributed by atoms with Crippen LogP contribution in [0.2, 0.25) is 0 Å². The highest BCUT2D eigenvalue weighted by molar-refractivity contribution is 6.16. The van der Waals surface area contributed by atoms with Crippen molar-refractivity contribution in [2.45, 2.75) is 25.9 Å². The summed E-state index contributed by atoms with van der Waals surface area (Å²) in [6, 6.07) is 25.5. The highest BCUT2D eigenvalue weighted by Gasteiger charge is 2.15. The fraction of sp³-hybridized carbons (Fsp3) is 0.160. The topological polar surface area (TPSA) is 42.1 Å². The number of rotatable bonds is 7. The van der Waals surface area contributed by atoms with Gasteiger partial charge in [-0.15, -0.1) is 0 Å². The van der Waals surface area contributed by atoms with Crippen molar-refractivity contribution in [3.63, 3.8) is 0 Å². The molecule has 4 aromatic rings. The number of fused-ring (bicyclic) bond motifs is 1. The standard InChI is InChI=1S/C25H23NO2/c1-2-8-24(18-9-4-3-5-10-18)28-20-15-13-19(14-16-20)25(27)22-17-26-23-12-7-6-11-21(22)23/h3-7,9-17,24,26H,2,8H2,1H3. The first-order chi connectivity index (χ1) is 13.8. The molecule has 0 fully saturated rings. The fourth-order valence-corrected chi connectivity index (χ4v) is 3.49. The van der Waals surface area contributed by atoms with Crippen molar-refractivity contribution >= 4 is 16.7 Å². The Morgan fingerprint density at radius 3 is 2.39 bits per heavy atom. The van der Waals surface area contributed by atoms with E-state index in [-0.39, 0.29) is 11.9 Å². The van der Waals surface area contributed by atoms with Gasteiger partial charge in [-0.3, -0.25) is 4.79 Å². The second-order valence-electron chi connectivity index (χ2n) is 6.91. The molecule has 1 heterocycles. The molecule has 0 spiro atoms. The second-order valence-corrected chi connectivity index (χ2v) is 6.91. The van der Waals surface area contributed by atoms with Gasteiger partial charge in [0.15, 0.2) is 5.78 Å². The quantitative estimate of drug-likeness (QED) is 0.387. The summed E-state index contributed by atoms with van der Waals surface area (Å²) in [6.07, 6.45) is 3.78. The van der Waals surface area contributed by atoms with Crippen molar-refractivity contribution in [3.8, 4) is 5.75 Å². The van der Waals surface area contributed by atoms with Crippen molar-refractivity contribution in [1.82, 2.24) is 4.98 Å². The van der Waals surface area contributed by atoms with Crippen molar-refractivity contribution in [2.24, 2.45) is 0 Å². The normalized spacial score (nSPS) is 12.0. The lowest BCUT2D eigenvalue weighted by molar-refractivity contribution is 0.104. The number of carbonyl (C=O) groups excluding carboxylic acids is 1. The molecule has 1 atom stereocenters. The zero-order chi connectivity index (χ0) is 19.3. The third kappa shape index (κ3) is 3.70. The molecule has 4 rings (SSSR count). The maximum atomic E-state index is 12.9. The molecule has 3 heteroatoms. The summed E-state index contributed by atoms with van der Waals surface area (Å²) in [6.45, 7) is 2.16. The minimum atomic E-state index is 0.0113. The Balaban J connectivity index is 1.54. The Bertz CT molecular complexity index is 1060. The van der Waals surface area contributed by atoms with Crippen molar-refractivity contribution in [2.75, 3.05) is 0 Å². The monoisotopic (exact) mass is 369 g/mol. The average molecular weight is 369 g/mol. The van der Waals surface area contributed by atoms with E-state index in [2.05, 4.69) is 24.0 Å². The van der Waals surface area contributed by atoms with Gasteiger partial charge in [-0.25, -0.2) is 0 Å². The average Bonchev–Trinajstić information content (AvgIpc) is 3.18. The number of carbonyl (C=O) groups is 1. The van der Waals surface area contributed by atoms with Gasteiger partial charge in [0, 0.05) is 28.2 Å². The van der Waals surface area contributed by atoms with Gasteiger partial charge in [0.2, 0.25) is 0 Å². The third-order valence-electron chi connectivity index (χ3n) is 4.95. The number of ether oxygens (including phenoxy) is 1. The van der Waals surface area contributed by atoms with E-state index in [1.165, 1.54) is 5.56 Å². The predicted octanol–water partition coefficient (Wildman–Crippen LogP) is 6.32. The van der Waals surface area contributed by atoms with E-state index in [9.17, 15) is 4.79 Å². The van der Waals surface area contributed by atoms with Crippen LogP contribution in [0.4, 0.5) is 0 Å². The minimum Gasteiger partial charge on any atom is -0.486 e. The maximum Gasteiger partial charge on any atom is 0.195 e. The Hall–Kier alpha value is -3.33. The molecule has 28 heavy (non-hydrogen) atoms. The van der Waals surface area contributed by atoms with Crippen LogP contribution < -0.4 is 4.74 Å². The van der Waals surface area contributed by atoms with Crippen LogP contribution in [0.3, 0.4) is 0 Å². The van der Waals surface area contributed by atoms with Crippen LogP contribution in [0.25, 0.3) is 10.9 Å². The van der Waals surface area contributed by atoms with E-state index < -0.39 is 0 Å². The number of hydrogen-bond donors (Lipinski definition) is 1. The van der Waals surface area contributed by atoms with Crippen molar-refractivity contribution in [3.05, 3.63) is 102 Å². The van der Waals surface area contributed by atoms with Crippen LogP contribution in [-0.2, 0) is 0 Å². The summed E-state index contributed by atoms with van der Waals surface area (Å²) in [5.74, 6) is 0.787. The van der Waals surface area contributed by atoms with E-state index >= 15 is 0 Å². The number of nitrogens with one attached hydrogen (secondary N) is 1. The Labute approximate surface area is 165 Å². The summed E-state index contributed by atoms with van der Waals surface area (Å²) < 4.78 is 6.22. The van der Waals surface area contributed by atoms with E-state index in [1.807, 2.05) is 66.7 Å². The molecule has 0 amide bonds. The third-order valence-corrected chi connectivity index (χ3v) is 4.95. The molecule has 3 aromatic carbocycles. The Morgan fingerprint density at radius 2 is 1.64 bits per heavy atom. The molecule has 1 N–H and O–H groups in total. The zero-order valence-electron chi connectivity index (χ0n) is 15.9. The molecule has 140 valence electrons. The predicted molar refractivity (Wildman–Crippen MR) is 113 cm³/mol. The Kier molecular flexibility index (Phi) is 5.24. The second kappa shape index (κ2) is 8.13. The van der Waals surface area contributed by atoms with Gasteiger partial charge in [-0.05, 0) is 42.3 Å². The van der Waals surface area contributed by atoms with Crippen LogP contribution in [0.15, 0.2) is 85.1 Å². The van der Waals surface area contributed by atoms with Gasteiger partial charge in [-0.1, -0.05) is 61.9 Å². The summed E-state index contributed by atoms with van der Waals surface area (Å²) in [5.41, 5.74) is 3.49. The molecule has 0 aliphatic carbocycles. The smallest absolute Gasteiger partial charge is 0.195 e. The first kappa shape index (κ1) is 18.1. The number of para-hydroxylation sites is 1. The van der Waals surface area contributed by atoms with Gasteiger partial charge < -0.3 is 9.72 Å². The van der Waals surface area contributed by atoms with Gasteiger partial charge in [0.1, 0.15) is 11.9 Å². The minimum absolute atomic E-state index is 0.0113. The van der Waals surface area contributed by atoms with E-state index in [0.717, 1.165) is 29.5 Å². The molecule has 0 saturated carbocycles. The van der Waals surface area contributed by atoms with Gasteiger partial charge in [-0.2, -0.15) is 0 Å². The first-order valence-electron chi connectivity index (χ1n) is 9.68. The van der Waals surface area contributed by atoms with Crippen molar-refractivity contribution in [1.29, 1.82) is 0 Å². The van der Waals surface area contributed by atoms with Crippen LogP contribution in [0.1, 0.15) is 47.4 Å². The summed E-state index contributed by atoms with van der Waals surface area (Å²) in [7, 11) is 0. The SMILES string of the molecule is CCCC(Oc1ccc(C(=O)c2c[nH]c3ccccc23)cc1)c1ccccc1. The molecule has 0 bridgehead atoms. The number of ketones is 1. The first-order valence-corrected chi connectivity index (χ1v) is 9.68. The number of benzene rings is 3. The molecule has 1 unspecified atom stereocenters. The molecule has 0 radical (unpaired) electrons. The zero-order valence-corrected chi connectivity index (χ0v) is 15.9. The molecule has 0 saturated heterocycles. The summed E-state index contributed by atoms with van der Waals surface area (Å²) in [4.78, 5) is 16.1. The number of H-pyrrole nitrogens is 1. The lowest BCUT2D eigenvalue weighted by atomic mass is 10.0. The fourth-order valence-electron chi connectivity index (χ4n) is 3.49. The molecule has 0 aliphatic rings. The lowest BCUT2D eigenvalue weighted by Gasteiger charge is -2.19. The number of aromatic amines is 1. The molecule has 3 nitrogen and oxygen atoms in total. The van der Waals surface area contributed by atoms with Gasteiger partial charge in [0.05, 0.1) is 0 Å². The number of hydrogen-bond acceptors (Lipinski definition) is 2. The van der Waals surface area contributed by atoms with Crippen LogP contribution >= 0.6 is 0 Å².